The summed E-state index contributed by atoms with van der Waals surface area (Å²) in [5.74, 6) is 1.02. The Kier molecular flexibility index (Phi) is 6.96. The molecule has 4 rings (SSSR count). The van der Waals surface area contributed by atoms with Crippen molar-refractivity contribution in [2.45, 2.75) is 25.3 Å². The number of fused-ring (bicyclic) bond motifs is 1. The molecule has 0 unspecified atom stereocenters. The van der Waals surface area contributed by atoms with Gasteiger partial charge in [-0.15, -0.1) is 0 Å². The smallest absolute Gasteiger partial charge is 0.176 e. The third-order valence-electron chi connectivity index (χ3n) is 6.21. The minimum absolute atomic E-state index is 0.166. The lowest BCUT2D eigenvalue weighted by molar-refractivity contribution is 0.0371. The molecule has 0 aliphatic carbocycles. The molecule has 0 amide bonds. The van der Waals surface area contributed by atoms with Crippen molar-refractivity contribution in [1.82, 2.24) is 14.7 Å². The maximum Gasteiger partial charge on any atom is 0.176 e. The van der Waals surface area contributed by atoms with Gasteiger partial charge < -0.3 is 14.4 Å². The first kappa shape index (κ1) is 19.8. The molecule has 1 atom stereocenters. The summed E-state index contributed by atoms with van der Waals surface area (Å²) in [5.41, 5.74) is 0.758. The van der Waals surface area contributed by atoms with E-state index in [1.807, 2.05) is 24.3 Å². The van der Waals surface area contributed by atoms with E-state index in [0.29, 0.717) is 6.54 Å². The van der Waals surface area contributed by atoms with Crippen LogP contribution in [0.1, 0.15) is 29.6 Å². The van der Waals surface area contributed by atoms with Crippen molar-refractivity contribution in [1.29, 1.82) is 0 Å². The van der Waals surface area contributed by atoms with Crippen LogP contribution in [0.4, 0.5) is 0 Å². The number of morpholine rings is 1. The average Bonchev–Trinajstić information content (AvgIpc) is 3.20. The lowest BCUT2D eigenvalue weighted by Crippen LogP contribution is -2.50. The molecule has 0 saturated carbocycles. The summed E-state index contributed by atoms with van der Waals surface area (Å²) >= 11 is 0. The van der Waals surface area contributed by atoms with E-state index < -0.39 is 0 Å². The molecular formula is C22H33N3O3. The van der Waals surface area contributed by atoms with E-state index in [-0.39, 0.29) is 5.78 Å². The van der Waals surface area contributed by atoms with Crippen molar-refractivity contribution >= 4 is 5.78 Å². The van der Waals surface area contributed by atoms with Crippen molar-refractivity contribution < 1.29 is 14.3 Å². The number of benzene rings is 1. The van der Waals surface area contributed by atoms with Gasteiger partial charge in [-0.05, 0) is 50.1 Å². The van der Waals surface area contributed by atoms with Gasteiger partial charge in [-0.1, -0.05) is 0 Å². The monoisotopic (exact) mass is 387 g/mol. The number of Topliss-reactive ketones (excluding diaryl/α,β-unsaturated/α-hetero) is 1. The molecule has 0 bridgehead atoms. The van der Waals surface area contributed by atoms with Gasteiger partial charge in [0.25, 0.3) is 0 Å². The molecule has 0 aromatic heterocycles. The van der Waals surface area contributed by atoms with E-state index in [1.54, 1.807) is 0 Å². The number of nitrogens with zero attached hydrogens (tertiary/aromatic N) is 3. The second kappa shape index (κ2) is 9.83. The van der Waals surface area contributed by atoms with Gasteiger partial charge in [0.1, 0.15) is 5.75 Å². The quantitative estimate of drug-likeness (QED) is 0.500. The fourth-order valence-electron chi connectivity index (χ4n) is 4.53. The Morgan fingerprint density at radius 2 is 1.86 bits per heavy atom. The van der Waals surface area contributed by atoms with Crippen LogP contribution < -0.4 is 4.74 Å². The largest absolute Gasteiger partial charge is 0.494 e. The number of ether oxygens (including phenoxy) is 2. The second-order valence-corrected chi connectivity index (χ2v) is 8.17. The molecule has 3 fully saturated rings. The van der Waals surface area contributed by atoms with Crippen molar-refractivity contribution in [2.75, 3.05) is 72.2 Å². The molecule has 3 aliphatic rings. The number of hydrogen-bond donors (Lipinski definition) is 0. The van der Waals surface area contributed by atoms with Crippen LogP contribution in [0.3, 0.4) is 0 Å². The van der Waals surface area contributed by atoms with E-state index in [2.05, 4.69) is 14.7 Å². The van der Waals surface area contributed by atoms with Gasteiger partial charge in [0.2, 0.25) is 0 Å². The first-order chi connectivity index (χ1) is 13.8. The van der Waals surface area contributed by atoms with Crippen LogP contribution in [0.25, 0.3) is 0 Å². The fraction of sp³-hybridized carbons (Fsp3) is 0.682. The Morgan fingerprint density at radius 3 is 2.68 bits per heavy atom. The molecule has 0 spiro atoms. The Labute approximate surface area is 168 Å². The predicted molar refractivity (Wildman–Crippen MR) is 109 cm³/mol. The molecule has 6 heteroatoms. The SMILES string of the molecule is O=C(CN1CCOCC1)c1ccc(OCCCN2CCN3CCC[C@H]3C2)cc1. The zero-order valence-electron chi connectivity index (χ0n) is 16.9. The van der Waals surface area contributed by atoms with Crippen LogP contribution >= 0.6 is 0 Å². The minimum atomic E-state index is 0.166. The summed E-state index contributed by atoms with van der Waals surface area (Å²) in [6, 6.07) is 8.40. The number of carbonyl (C=O) groups is 1. The molecule has 28 heavy (non-hydrogen) atoms. The lowest BCUT2D eigenvalue weighted by Gasteiger charge is -2.37. The Morgan fingerprint density at radius 1 is 1.04 bits per heavy atom. The van der Waals surface area contributed by atoms with Crippen molar-refractivity contribution in [2.24, 2.45) is 0 Å². The maximum absolute atomic E-state index is 12.4. The number of carbonyl (C=O) groups excluding carboxylic acids is 1. The van der Waals surface area contributed by atoms with E-state index in [1.165, 1.54) is 39.0 Å². The molecule has 1 aromatic rings. The van der Waals surface area contributed by atoms with E-state index in [0.717, 1.165) is 63.2 Å². The normalized spacial score (nSPS) is 24.2. The summed E-state index contributed by atoms with van der Waals surface area (Å²) in [5, 5.41) is 0. The van der Waals surface area contributed by atoms with Crippen LogP contribution in [-0.4, -0.2) is 98.7 Å². The zero-order chi connectivity index (χ0) is 19.2. The third-order valence-corrected chi connectivity index (χ3v) is 6.21. The van der Waals surface area contributed by atoms with Gasteiger partial charge in [0.15, 0.2) is 5.78 Å². The molecule has 3 saturated heterocycles. The zero-order valence-corrected chi connectivity index (χ0v) is 16.9. The van der Waals surface area contributed by atoms with Crippen LogP contribution in [-0.2, 0) is 4.74 Å². The molecule has 3 aliphatic heterocycles. The van der Waals surface area contributed by atoms with Crippen molar-refractivity contribution in [3.63, 3.8) is 0 Å². The maximum atomic E-state index is 12.4. The van der Waals surface area contributed by atoms with Crippen LogP contribution in [0.5, 0.6) is 5.75 Å². The van der Waals surface area contributed by atoms with E-state index >= 15 is 0 Å². The van der Waals surface area contributed by atoms with Gasteiger partial charge in [0, 0.05) is 50.9 Å². The summed E-state index contributed by atoms with van der Waals surface area (Å²) in [7, 11) is 0. The lowest BCUT2D eigenvalue weighted by atomic mass is 10.1. The Balaban J connectivity index is 1.15. The summed E-state index contributed by atoms with van der Waals surface area (Å²) in [6.07, 6.45) is 3.78. The Hall–Kier alpha value is -1.47. The highest BCUT2D eigenvalue weighted by Gasteiger charge is 2.29. The predicted octanol–water partition coefficient (Wildman–Crippen LogP) is 1.75. The van der Waals surface area contributed by atoms with Gasteiger partial charge in [-0.25, -0.2) is 0 Å². The number of ketones is 1. The van der Waals surface area contributed by atoms with E-state index in [9.17, 15) is 4.79 Å². The molecule has 154 valence electrons. The molecule has 0 N–H and O–H groups in total. The van der Waals surface area contributed by atoms with Crippen molar-refractivity contribution in [3.8, 4) is 5.75 Å². The van der Waals surface area contributed by atoms with E-state index in [4.69, 9.17) is 9.47 Å². The standard InChI is InChI=1S/C22H33N3O3/c26-22(18-24-12-15-27-16-13-24)19-4-6-21(7-5-19)28-14-2-8-23-10-11-25-9-1-3-20(25)17-23/h4-7,20H,1-3,8-18H2/t20-/m0/s1. The van der Waals surface area contributed by atoms with Crippen LogP contribution in [0.2, 0.25) is 0 Å². The summed E-state index contributed by atoms with van der Waals surface area (Å²) < 4.78 is 11.2. The molecule has 0 radical (unpaired) electrons. The number of rotatable bonds is 8. The fourth-order valence-corrected chi connectivity index (χ4v) is 4.53. The topological polar surface area (TPSA) is 45.3 Å². The van der Waals surface area contributed by atoms with Gasteiger partial charge in [-0.2, -0.15) is 0 Å². The highest BCUT2D eigenvalue weighted by molar-refractivity contribution is 5.97. The van der Waals surface area contributed by atoms with Gasteiger partial charge in [-0.3, -0.25) is 14.6 Å². The molecule has 6 nitrogen and oxygen atoms in total. The molecule has 3 heterocycles. The van der Waals surface area contributed by atoms with Gasteiger partial charge in [0.05, 0.1) is 26.4 Å². The first-order valence-electron chi connectivity index (χ1n) is 10.8. The van der Waals surface area contributed by atoms with Crippen molar-refractivity contribution in [3.05, 3.63) is 29.8 Å². The molecule has 1 aromatic carbocycles. The first-order valence-corrected chi connectivity index (χ1v) is 10.8. The number of hydrogen-bond acceptors (Lipinski definition) is 6. The Bertz CT molecular complexity index is 630. The molecular weight excluding hydrogens is 354 g/mol. The second-order valence-electron chi connectivity index (χ2n) is 8.17. The number of piperazine rings is 1. The summed E-state index contributed by atoms with van der Waals surface area (Å²) in [4.78, 5) is 19.8. The highest BCUT2D eigenvalue weighted by Crippen LogP contribution is 2.21. The third kappa shape index (κ3) is 5.32. The van der Waals surface area contributed by atoms with Crippen LogP contribution in [0.15, 0.2) is 24.3 Å². The highest BCUT2D eigenvalue weighted by atomic mass is 16.5. The summed E-state index contributed by atoms with van der Waals surface area (Å²) in [6.45, 7) is 10.4. The van der Waals surface area contributed by atoms with Gasteiger partial charge >= 0.3 is 0 Å². The average molecular weight is 388 g/mol. The van der Waals surface area contributed by atoms with Crippen LogP contribution in [0, 0.1) is 0 Å². The minimum Gasteiger partial charge on any atom is -0.494 e.